The van der Waals surface area contributed by atoms with E-state index in [0.717, 1.165) is 0 Å². The molecule has 0 aromatic carbocycles. The maximum absolute atomic E-state index is 2.26. The topological polar surface area (TPSA) is 3.01 Å². The first-order valence-corrected chi connectivity index (χ1v) is 5.47. The number of hydrogen-bond donors (Lipinski definition) is 0. The maximum atomic E-state index is 2.26. The summed E-state index contributed by atoms with van der Waals surface area (Å²) in [6.45, 7) is 0. The molecule has 0 aliphatic carbocycles. The van der Waals surface area contributed by atoms with E-state index in [1.165, 1.54) is 0 Å². The Labute approximate surface area is 49.1 Å². The van der Waals surface area contributed by atoms with Crippen molar-refractivity contribution < 1.29 is 4.58 Å². The molecule has 2 heteroatoms. The van der Waals surface area contributed by atoms with Gasteiger partial charge in [0, 0.05) is 0 Å². The molecule has 0 atom stereocenters. The van der Waals surface area contributed by atoms with E-state index in [4.69, 9.17) is 0 Å². The van der Waals surface area contributed by atoms with E-state index in [9.17, 15) is 0 Å². The normalized spacial score (nSPS) is 7.83. The molecule has 0 saturated heterocycles. The van der Waals surface area contributed by atoms with E-state index in [1.807, 2.05) is 0 Å². The molecule has 0 radical (unpaired) electrons. The number of rotatable bonds is 1. The summed E-state index contributed by atoms with van der Waals surface area (Å²) in [5.41, 5.74) is 0. The molecule has 0 aromatic rings. The Bertz CT molecular complexity index is 54.6. The van der Waals surface area contributed by atoms with Crippen LogP contribution in [-0.4, -0.2) is 43.9 Å². The zero-order chi connectivity index (χ0) is 4.99. The molecule has 0 N–H and O–H groups in total. The van der Waals surface area contributed by atoms with Crippen LogP contribution >= 0.6 is 0 Å². The zero-order valence-corrected chi connectivity index (χ0v) is 6.76. The van der Waals surface area contributed by atoms with Crippen LogP contribution in [0.1, 0.15) is 0 Å². The van der Waals surface area contributed by atoms with Crippen molar-refractivity contribution in [1.82, 2.24) is 0 Å². The molecule has 0 fully saturated rings. The van der Waals surface area contributed by atoms with Crippen LogP contribution in [-0.2, 0) is 0 Å². The molecule has 0 bridgehead atoms. The van der Waals surface area contributed by atoms with Gasteiger partial charge in [0.2, 0.25) is 0 Å². The fourth-order valence-electron chi connectivity index (χ4n) is 0.211. The molecule has 0 spiro atoms. The van der Waals surface area contributed by atoms with Gasteiger partial charge < -0.3 is 0 Å². The third kappa shape index (κ3) is 4.46. The standard InChI is InChI=1S/C4H10NTe/c1-5(2)4-6-3/h4H,1-3H3/q+1. The van der Waals surface area contributed by atoms with Gasteiger partial charge in [0.25, 0.3) is 0 Å². The molecule has 1 nitrogen and oxygen atoms in total. The van der Waals surface area contributed by atoms with Crippen LogP contribution in [0, 0.1) is 0 Å². The first kappa shape index (κ1) is 6.46. The van der Waals surface area contributed by atoms with Gasteiger partial charge in [-0.25, -0.2) is 0 Å². The summed E-state index contributed by atoms with van der Waals surface area (Å²) in [5.74, 6) is 0. The minimum atomic E-state index is 0.229. The summed E-state index contributed by atoms with van der Waals surface area (Å²) in [4.78, 5) is 2.26. The number of nitrogens with zero attached hydrogens (tertiary/aromatic N) is 1. The summed E-state index contributed by atoms with van der Waals surface area (Å²) in [7, 11) is 4.13. The van der Waals surface area contributed by atoms with Gasteiger partial charge in [-0.1, -0.05) is 0 Å². The van der Waals surface area contributed by atoms with Crippen LogP contribution in [0.4, 0.5) is 0 Å². The molecule has 36 valence electrons. The van der Waals surface area contributed by atoms with Crippen molar-refractivity contribution in [2.24, 2.45) is 0 Å². The summed E-state index contributed by atoms with van der Waals surface area (Å²) in [6, 6.07) is 0. The third-order valence-corrected chi connectivity index (χ3v) is 2.12. The fourth-order valence-corrected chi connectivity index (χ4v) is 1.41. The van der Waals surface area contributed by atoms with E-state index >= 15 is 0 Å². The second-order valence-electron chi connectivity index (χ2n) is 1.30. The molecular weight excluding hydrogens is 190 g/mol. The second-order valence-corrected chi connectivity index (χ2v) is 3.25. The van der Waals surface area contributed by atoms with Crippen LogP contribution in [0.25, 0.3) is 0 Å². The van der Waals surface area contributed by atoms with Gasteiger partial charge in [0.05, 0.1) is 0 Å². The Balaban J connectivity index is 3.14. The van der Waals surface area contributed by atoms with Crippen molar-refractivity contribution >= 4 is 25.2 Å². The van der Waals surface area contributed by atoms with E-state index in [2.05, 4.69) is 27.9 Å². The molecule has 0 rings (SSSR count). The van der Waals surface area contributed by atoms with Crippen molar-refractivity contribution in [2.45, 2.75) is 4.97 Å². The summed E-state index contributed by atoms with van der Waals surface area (Å²) in [6.07, 6.45) is 0. The Kier molecular flexibility index (Phi) is 3.92. The molecular formula is C4H10NTe+. The molecule has 0 amide bonds. The number of hydrogen-bond acceptors (Lipinski definition) is 0. The molecule has 0 aromatic heterocycles. The summed E-state index contributed by atoms with van der Waals surface area (Å²) >= 11 is 0.229. The van der Waals surface area contributed by atoms with Crippen molar-refractivity contribution in [1.29, 1.82) is 0 Å². The Hall–Kier alpha value is 0.460. The molecule has 0 aliphatic heterocycles. The van der Waals surface area contributed by atoms with Crippen LogP contribution in [0.3, 0.4) is 0 Å². The summed E-state index contributed by atoms with van der Waals surface area (Å²) in [5, 5.41) is 0. The fraction of sp³-hybridized carbons (Fsp3) is 0.750. The average Bonchev–Trinajstić information content (AvgIpc) is 1.35. The van der Waals surface area contributed by atoms with E-state index in [1.54, 1.807) is 0 Å². The SMILES string of the molecule is C[Te]C=[N+](C)C. The first-order valence-electron chi connectivity index (χ1n) is 1.80. The van der Waals surface area contributed by atoms with Crippen molar-refractivity contribution in [3.63, 3.8) is 0 Å². The van der Waals surface area contributed by atoms with Gasteiger partial charge in [0.15, 0.2) is 0 Å². The van der Waals surface area contributed by atoms with Crippen LogP contribution in [0.15, 0.2) is 0 Å². The van der Waals surface area contributed by atoms with Gasteiger partial charge in [-0.2, -0.15) is 0 Å². The first-order chi connectivity index (χ1) is 2.77. The van der Waals surface area contributed by atoms with Gasteiger partial charge in [0.1, 0.15) is 0 Å². The summed E-state index contributed by atoms with van der Waals surface area (Å²) < 4.78 is 4.37. The second kappa shape index (κ2) is 3.64. The molecule has 6 heavy (non-hydrogen) atoms. The third-order valence-electron chi connectivity index (χ3n) is 0.316. The van der Waals surface area contributed by atoms with Gasteiger partial charge in [-0.05, 0) is 0 Å². The van der Waals surface area contributed by atoms with Gasteiger partial charge >= 0.3 is 48.8 Å². The van der Waals surface area contributed by atoms with Crippen LogP contribution in [0.5, 0.6) is 0 Å². The molecule has 0 unspecified atom stereocenters. The Morgan fingerprint density at radius 2 is 2.00 bits per heavy atom. The van der Waals surface area contributed by atoms with Crippen LogP contribution < -0.4 is 0 Å². The molecule has 0 aliphatic rings. The van der Waals surface area contributed by atoms with E-state index in [0.29, 0.717) is 0 Å². The van der Waals surface area contributed by atoms with Crippen molar-refractivity contribution in [2.75, 3.05) is 14.1 Å². The Morgan fingerprint density at radius 1 is 1.50 bits per heavy atom. The minimum absolute atomic E-state index is 0.229. The quantitative estimate of drug-likeness (QED) is 0.319. The van der Waals surface area contributed by atoms with Crippen LogP contribution in [0.2, 0.25) is 4.97 Å². The van der Waals surface area contributed by atoms with E-state index in [-0.39, 0.29) is 20.9 Å². The Morgan fingerprint density at radius 3 is 2.00 bits per heavy atom. The molecule has 0 saturated carbocycles. The van der Waals surface area contributed by atoms with Crippen molar-refractivity contribution in [3.05, 3.63) is 0 Å². The monoisotopic (exact) mass is 202 g/mol. The van der Waals surface area contributed by atoms with E-state index < -0.39 is 0 Å². The van der Waals surface area contributed by atoms with Crippen molar-refractivity contribution in [3.8, 4) is 0 Å². The van der Waals surface area contributed by atoms with Gasteiger partial charge in [-0.15, -0.1) is 0 Å². The van der Waals surface area contributed by atoms with Gasteiger partial charge in [-0.3, -0.25) is 0 Å². The predicted molar refractivity (Wildman–Crippen MR) is 29.8 cm³/mol. The predicted octanol–water partition coefficient (Wildman–Crippen LogP) is 0.0391. The zero-order valence-electron chi connectivity index (χ0n) is 4.43. The molecule has 0 heterocycles. The average molecular weight is 200 g/mol.